The minimum atomic E-state index is -0.296. The van der Waals surface area contributed by atoms with Crippen molar-refractivity contribution < 1.29 is 9.13 Å². The maximum Gasteiger partial charge on any atom is 0.222 e. The molecule has 0 amide bonds. The van der Waals surface area contributed by atoms with E-state index in [1.54, 1.807) is 18.2 Å². The number of rotatable bonds is 4. The van der Waals surface area contributed by atoms with Crippen molar-refractivity contribution in [2.24, 2.45) is 0 Å². The summed E-state index contributed by atoms with van der Waals surface area (Å²) in [6.45, 7) is 4.07. The van der Waals surface area contributed by atoms with Crippen LogP contribution in [-0.2, 0) is 6.61 Å². The lowest BCUT2D eigenvalue weighted by atomic mass is 10.1. The Morgan fingerprint density at radius 2 is 2.00 bits per heavy atom. The third-order valence-electron chi connectivity index (χ3n) is 2.78. The molecule has 0 unspecified atom stereocenters. The zero-order valence-corrected chi connectivity index (χ0v) is 10.9. The van der Waals surface area contributed by atoms with Crippen LogP contribution in [0, 0.1) is 5.82 Å². The van der Waals surface area contributed by atoms with Gasteiger partial charge >= 0.3 is 0 Å². The Balaban J connectivity index is 2.21. The van der Waals surface area contributed by atoms with E-state index in [2.05, 4.69) is 9.97 Å². The standard InChI is InChI=1S/C14H16FN3O/c1-9(2)12-13(16)17-8-18-14(12)19-7-10-5-3-4-6-11(10)15/h3-6,8-9H,7H2,1-2H3,(H2,16,17,18). The maximum absolute atomic E-state index is 13.5. The van der Waals surface area contributed by atoms with Crippen molar-refractivity contribution in [2.45, 2.75) is 26.4 Å². The summed E-state index contributed by atoms with van der Waals surface area (Å²) in [6, 6.07) is 6.48. The van der Waals surface area contributed by atoms with Gasteiger partial charge in [0.1, 0.15) is 24.6 Å². The van der Waals surface area contributed by atoms with Crippen LogP contribution in [0.25, 0.3) is 0 Å². The van der Waals surface area contributed by atoms with E-state index in [0.29, 0.717) is 17.3 Å². The van der Waals surface area contributed by atoms with Gasteiger partial charge in [-0.05, 0) is 12.0 Å². The number of ether oxygens (including phenoxy) is 1. The molecule has 1 aromatic carbocycles. The number of halogens is 1. The Morgan fingerprint density at radius 1 is 1.26 bits per heavy atom. The third kappa shape index (κ3) is 2.99. The van der Waals surface area contributed by atoms with Gasteiger partial charge in [-0.1, -0.05) is 32.0 Å². The van der Waals surface area contributed by atoms with Gasteiger partial charge < -0.3 is 10.5 Å². The third-order valence-corrected chi connectivity index (χ3v) is 2.78. The summed E-state index contributed by atoms with van der Waals surface area (Å²) in [5.74, 6) is 0.645. The number of benzene rings is 1. The van der Waals surface area contributed by atoms with Crippen molar-refractivity contribution in [3.05, 3.63) is 47.5 Å². The molecule has 19 heavy (non-hydrogen) atoms. The fraction of sp³-hybridized carbons (Fsp3) is 0.286. The maximum atomic E-state index is 13.5. The second-order valence-electron chi connectivity index (χ2n) is 4.51. The van der Waals surface area contributed by atoms with Gasteiger partial charge in [-0.25, -0.2) is 14.4 Å². The fourth-order valence-electron chi connectivity index (χ4n) is 1.81. The average Bonchev–Trinajstić information content (AvgIpc) is 2.37. The van der Waals surface area contributed by atoms with E-state index < -0.39 is 0 Å². The number of aromatic nitrogens is 2. The molecule has 0 fully saturated rings. The smallest absolute Gasteiger partial charge is 0.222 e. The van der Waals surface area contributed by atoms with E-state index in [4.69, 9.17) is 10.5 Å². The van der Waals surface area contributed by atoms with Crippen LogP contribution in [0.15, 0.2) is 30.6 Å². The Hall–Kier alpha value is -2.17. The van der Waals surface area contributed by atoms with Gasteiger partial charge in [-0.3, -0.25) is 0 Å². The molecule has 1 aromatic heterocycles. The molecular formula is C14H16FN3O. The number of nitrogen functional groups attached to an aromatic ring is 1. The molecule has 0 atom stereocenters. The fourth-order valence-corrected chi connectivity index (χ4v) is 1.81. The summed E-state index contributed by atoms with van der Waals surface area (Å²) in [5.41, 5.74) is 7.05. The van der Waals surface area contributed by atoms with E-state index in [0.717, 1.165) is 5.56 Å². The normalized spacial score (nSPS) is 10.7. The van der Waals surface area contributed by atoms with Crippen molar-refractivity contribution in [2.75, 3.05) is 5.73 Å². The van der Waals surface area contributed by atoms with Gasteiger partial charge in [-0.15, -0.1) is 0 Å². The highest BCUT2D eigenvalue weighted by Gasteiger charge is 2.14. The van der Waals surface area contributed by atoms with E-state index >= 15 is 0 Å². The van der Waals surface area contributed by atoms with Crippen LogP contribution in [0.3, 0.4) is 0 Å². The number of anilines is 1. The summed E-state index contributed by atoms with van der Waals surface area (Å²) in [4.78, 5) is 8.02. The second-order valence-corrected chi connectivity index (χ2v) is 4.51. The molecule has 2 N–H and O–H groups in total. The van der Waals surface area contributed by atoms with Crippen LogP contribution in [-0.4, -0.2) is 9.97 Å². The first kappa shape index (κ1) is 13.3. The van der Waals surface area contributed by atoms with Crippen molar-refractivity contribution >= 4 is 5.82 Å². The minimum Gasteiger partial charge on any atom is -0.472 e. The molecule has 2 aromatic rings. The first-order valence-corrected chi connectivity index (χ1v) is 6.06. The minimum absolute atomic E-state index is 0.114. The SMILES string of the molecule is CC(C)c1c(N)ncnc1OCc1ccccc1F. The lowest BCUT2D eigenvalue weighted by Gasteiger charge is -2.14. The average molecular weight is 261 g/mol. The number of nitrogens with zero attached hydrogens (tertiary/aromatic N) is 2. The van der Waals surface area contributed by atoms with Crippen molar-refractivity contribution in [1.82, 2.24) is 9.97 Å². The Bertz CT molecular complexity index is 572. The van der Waals surface area contributed by atoms with Gasteiger partial charge in [0.15, 0.2) is 0 Å². The molecule has 4 nitrogen and oxygen atoms in total. The highest BCUT2D eigenvalue weighted by Crippen LogP contribution is 2.28. The van der Waals surface area contributed by atoms with E-state index in [9.17, 15) is 4.39 Å². The number of nitrogens with two attached hydrogens (primary N) is 1. The molecule has 0 saturated heterocycles. The van der Waals surface area contributed by atoms with Crippen LogP contribution in [0.1, 0.15) is 30.9 Å². The summed E-state index contributed by atoms with van der Waals surface area (Å²) in [7, 11) is 0. The molecule has 0 aliphatic heterocycles. The largest absolute Gasteiger partial charge is 0.472 e. The Labute approximate surface area is 111 Å². The Kier molecular flexibility index (Phi) is 3.94. The summed E-state index contributed by atoms with van der Waals surface area (Å²) >= 11 is 0. The van der Waals surface area contributed by atoms with Crippen LogP contribution in [0.5, 0.6) is 5.88 Å². The Morgan fingerprint density at radius 3 is 2.68 bits per heavy atom. The van der Waals surface area contributed by atoms with Crippen molar-refractivity contribution in [3.8, 4) is 5.88 Å². The van der Waals surface area contributed by atoms with Crippen molar-refractivity contribution in [1.29, 1.82) is 0 Å². The molecule has 0 bridgehead atoms. The highest BCUT2D eigenvalue weighted by atomic mass is 19.1. The molecular weight excluding hydrogens is 245 g/mol. The molecule has 2 rings (SSSR count). The van der Waals surface area contributed by atoms with Gasteiger partial charge in [0, 0.05) is 5.56 Å². The molecule has 0 saturated carbocycles. The first-order valence-electron chi connectivity index (χ1n) is 6.06. The molecule has 0 radical (unpaired) electrons. The second kappa shape index (κ2) is 5.65. The molecule has 0 spiro atoms. The van der Waals surface area contributed by atoms with Crippen LogP contribution in [0.4, 0.5) is 10.2 Å². The zero-order valence-electron chi connectivity index (χ0n) is 10.9. The summed E-state index contributed by atoms with van der Waals surface area (Å²) in [5, 5.41) is 0. The molecule has 1 heterocycles. The van der Waals surface area contributed by atoms with Gasteiger partial charge in [-0.2, -0.15) is 0 Å². The van der Waals surface area contributed by atoms with E-state index in [1.807, 2.05) is 13.8 Å². The van der Waals surface area contributed by atoms with E-state index in [-0.39, 0.29) is 18.3 Å². The molecule has 100 valence electrons. The number of hydrogen-bond acceptors (Lipinski definition) is 4. The monoisotopic (exact) mass is 261 g/mol. The van der Waals surface area contributed by atoms with Crippen LogP contribution in [0.2, 0.25) is 0 Å². The summed E-state index contributed by atoms with van der Waals surface area (Å²) < 4.78 is 19.1. The first-order chi connectivity index (χ1) is 9.09. The molecule has 0 aliphatic rings. The quantitative estimate of drug-likeness (QED) is 0.919. The number of hydrogen-bond donors (Lipinski definition) is 1. The topological polar surface area (TPSA) is 61.0 Å². The van der Waals surface area contributed by atoms with Crippen LogP contribution >= 0.6 is 0 Å². The van der Waals surface area contributed by atoms with E-state index in [1.165, 1.54) is 12.4 Å². The lowest BCUT2D eigenvalue weighted by Crippen LogP contribution is -2.07. The lowest BCUT2D eigenvalue weighted by molar-refractivity contribution is 0.283. The molecule has 5 heteroatoms. The van der Waals surface area contributed by atoms with Crippen molar-refractivity contribution in [3.63, 3.8) is 0 Å². The van der Waals surface area contributed by atoms with Gasteiger partial charge in [0.2, 0.25) is 5.88 Å². The predicted molar refractivity (Wildman–Crippen MR) is 71.3 cm³/mol. The predicted octanol–water partition coefficient (Wildman–Crippen LogP) is 2.90. The zero-order chi connectivity index (χ0) is 13.8. The highest BCUT2D eigenvalue weighted by molar-refractivity contribution is 5.46. The van der Waals surface area contributed by atoms with Crippen LogP contribution < -0.4 is 10.5 Å². The molecule has 0 aliphatic carbocycles. The van der Waals surface area contributed by atoms with Gasteiger partial charge in [0.05, 0.1) is 5.56 Å². The van der Waals surface area contributed by atoms with Gasteiger partial charge in [0.25, 0.3) is 0 Å². The summed E-state index contributed by atoms with van der Waals surface area (Å²) in [6.07, 6.45) is 1.35.